The first-order valence-corrected chi connectivity index (χ1v) is 6.92. The minimum atomic E-state index is -0.416. The summed E-state index contributed by atoms with van der Waals surface area (Å²) in [5.74, 6) is 0.421. The maximum Gasteiger partial charge on any atom is 0.150 e. The quantitative estimate of drug-likeness (QED) is 0.434. The number of benzene rings is 2. The van der Waals surface area contributed by atoms with Gasteiger partial charge in [0.1, 0.15) is 17.3 Å². The Hall–Kier alpha value is -2.29. The van der Waals surface area contributed by atoms with Gasteiger partial charge in [0.15, 0.2) is 0 Å². The van der Waals surface area contributed by atoms with Gasteiger partial charge in [0.25, 0.3) is 0 Å². The number of hydrogen-bond acceptors (Lipinski definition) is 3. The molecule has 0 aliphatic rings. The van der Waals surface area contributed by atoms with Crippen LogP contribution < -0.4 is 4.74 Å². The minimum Gasteiger partial charge on any atom is -0.494 e. The highest BCUT2D eigenvalue weighted by molar-refractivity contribution is 7.78. The molecule has 0 saturated carbocycles. The molecule has 2 rings (SSSR count). The van der Waals surface area contributed by atoms with Gasteiger partial charge in [-0.05, 0) is 54.5 Å². The Morgan fingerprint density at radius 1 is 1.14 bits per heavy atom. The van der Waals surface area contributed by atoms with Crippen LogP contribution in [-0.2, 0) is 0 Å². The summed E-state index contributed by atoms with van der Waals surface area (Å²) >= 11 is 4.46. The predicted octanol–water partition coefficient (Wildman–Crippen LogP) is 5.13. The first-order chi connectivity index (χ1) is 10.2. The molecule has 0 N–H and O–H groups in total. The summed E-state index contributed by atoms with van der Waals surface area (Å²) in [6.45, 7) is 2.59. The van der Waals surface area contributed by atoms with Gasteiger partial charge in [-0.2, -0.15) is 4.99 Å². The number of thiocarbonyl (C=S) groups is 1. The van der Waals surface area contributed by atoms with Crippen molar-refractivity contribution >= 4 is 35.2 Å². The molecule has 0 fully saturated rings. The Kier molecular flexibility index (Phi) is 5.38. The number of hydrogen-bond donors (Lipinski definition) is 0. The molecule has 0 aliphatic carbocycles. The van der Waals surface area contributed by atoms with Gasteiger partial charge >= 0.3 is 0 Å². The van der Waals surface area contributed by atoms with Crippen LogP contribution in [0, 0.1) is 5.82 Å². The maximum absolute atomic E-state index is 13.7. The molecule has 0 atom stereocenters. The van der Waals surface area contributed by atoms with E-state index in [1.807, 2.05) is 43.3 Å². The number of aliphatic imine (C=N–C) groups is 1. The van der Waals surface area contributed by atoms with Crippen LogP contribution in [0.1, 0.15) is 18.1 Å². The predicted molar refractivity (Wildman–Crippen MR) is 87.6 cm³/mol. The van der Waals surface area contributed by atoms with Gasteiger partial charge in [-0.15, -0.1) is 0 Å². The van der Waals surface area contributed by atoms with E-state index in [0.717, 1.165) is 16.9 Å². The standard InChI is InChI=1S/C17H14FNOS/c1-2-20-15-8-5-13(6-9-15)3-4-14-7-10-17(19-12-21)16(18)11-14/h3-11H,2H2,1H3/b4-3+. The van der Waals surface area contributed by atoms with Crippen molar-refractivity contribution in [2.75, 3.05) is 6.61 Å². The van der Waals surface area contributed by atoms with Crippen molar-refractivity contribution in [3.63, 3.8) is 0 Å². The Labute approximate surface area is 128 Å². The summed E-state index contributed by atoms with van der Waals surface area (Å²) in [5.41, 5.74) is 1.97. The molecule has 0 unspecified atom stereocenters. The Morgan fingerprint density at radius 2 is 1.81 bits per heavy atom. The first-order valence-electron chi connectivity index (χ1n) is 6.51. The lowest BCUT2D eigenvalue weighted by Gasteiger charge is -2.02. The Morgan fingerprint density at radius 3 is 2.43 bits per heavy atom. The van der Waals surface area contributed by atoms with Crippen molar-refractivity contribution in [1.29, 1.82) is 0 Å². The molecule has 0 aliphatic heterocycles. The fraction of sp³-hybridized carbons (Fsp3) is 0.118. The third-order valence-electron chi connectivity index (χ3n) is 2.80. The van der Waals surface area contributed by atoms with Crippen LogP contribution >= 0.6 is 12.2 Å². The number of rotatable bonds is 5. The number of halogens is 1. The van der Waals surface area contributed by atoms with Gasteiger partial charge in [0.2, 0.25) is 0 Å². The Balaban J connectivity index is 2.13. The van der Waals surface area contributed by atoms with Crippen LogP contribution in [0.4, 0.5) is 10.1 Å². The third-order valence-corrected chi connectivity index (χ3v) is 2.89. The van der Waals surface area contributed by atoms with Crippen molar-refractivity contribution < 1.29 is 9.13 Å². The smallest absolute Gasteiger partial charge is 0.150 e. The third kappa shape index (κ3) is 4.35. The molecule has 4 heteroatoms. The largest absolute Gasteiger partial charge is 0.494 e. The molecule has 2 aromatic rings. The number of isothiocyanates is 1. The van der Waals surface area contributed by atoms with E-state index >= 15 is 0 Å². The molecule has 21 heavy (non-hydrogen) atoms. The molecular formula is C17H14FNOS. The molecule has 106 valence electrons. The van der Waals surface area contributed by atoms with Crippen LogP contribution in [0.15, 0.2) is 47.5 Å². The van der Waals surface area contributed by atoms with Gasteiger partial charge in [0.05, 0.1) is 11.8 Å². The normalized spacial score (nSPS) is 10.4. The fourth-order valence-electron chi connectivity index (χ4n) is 1.80. The molecule has 0 saturated heterocycles. The van der Waals surface area contributed by atoms with E-state index in [2.05, 4.69) is 22.4 Å². The molecule has 0 heterocycles. The van der Waals surface area contributed by atoms with Crippen LogP contribution in [0.2, 0.25) is 0 Å². The first kappa shape index (κ1) is 15.1. The van der Waals surface area contributed by atoms with Gasteiger partial charge in [-0.1, -0.05) is 30.4 Å². The zero-order valence-corrected chi connectivity index (χ0v) is 12.4. The highest BCUT2D eigenvalue weighted by Gasteiger charge is 2.00. The summed E-state index contributed by atoms with van der Waals surface area (Å²) in [5, 5.41) is 2.16. The summed E-state index contributed by atoms with van der Waals surface area (Å²) < 4.78 is 19.0. The second-order valence-corrected chi connectivity index (χ2v) is 4.43. The molecule has 0 amide bonds. The Bertz CT molecular complexity index is 688. The maximum atomic E-state index is 13.7. The van der Waals surface area contributed by atoms with E-state index < -0.39 is 5.82 Å². The van der Waals surface area contributed by atoms with Crippen LogP contribution in [0.5, 0.6) is 5.75 Å². The van der Waals surface area contributed by atoms with E-state index in [-0.39, 0.29) is 5.69 Å². The van der Waals surface area contributed by atoms with E-state index in [4.69, 9.17) is 4.74 Å². The second kappa shape index (κ2) is 7.48. The number of ether oxygens (including phenoxy) is 1. The van der Waals surface area contributed by atoms with Gasteiger partial charge in [-0.3, -0.25) is 0 Å². The minimum absolute atomic E-state index is 0.197. The average Bonchev–Trinajstić information content (AvgIpc) is 2.49. The van der Waals surface area contributed by atoms with Crippen LogP contribution in [0.25, 0.3) is 12.2 Å². The molecular weight excluding hydrogens is 285 g/mol. The van der Waals surface area contributed by atoms with Crippen molar-refractivity contribution in [1.82, 2.24) is 0 Å². The van der Waals surface area contributed by atoms with E-state index in [1.165, 1.54) is 6.07 Å². The highest BCUT2D eigenvalue weighted by atomic mass is 32.1. The van der Waals surface area contributed by atoms with Gasteiger partial charge < -0.3 is 4.74 Å². The zero-order valence-electron chi connectivity index (χ0n) is 11.5. The van der Waals surface area contributed by atoms with Crippen molar-refractivity contribution in [3.05, 3.63) is 59.4 Å². The topological polar surface area (TPSA) is 21.6 Å². The number of nitrogens with zero attached hydrogens (tertiary/aromatic N) is 1. The summed E-state index contributed by atoms with van der Waals surface area (Å²) in [7, 11) is 0. The fourth-order valence-corrected chi connectivity index (χ4v) is 1.90. The molecule has 0 aromatic heterocycles. The SMILES string of the molecule is CCOc1ccc(/C=C/c2ccc(N=C=S)c(F)c2)cc1. The summed E-state index contributed by atoms with van der Waals surface area (Å²) in [6.07, 6.45) is 3.75. The second-order valence-electron chi connectivity index (χ2n) is 4.25. The molecule has 0 radical (unpaired) electrons. The van der Waals surface area contributed by atoms with E-state index in [9.17, 15) is 4.39 Å². The molecule has 0 bridgehead atoms. The highest BCUT2D eigenvalue weighted by Crippen LogP contribution is 2.20. The lowest BCUT2D eigenvalue weighted by molar-refractivity contribution is 0.340. The summed E-state index contributed by atoms with van der Waals surface area (Å²) in [4.78, 5) is 3.64. The monoisotopic (exact) mass is 299 g/mol. The van der Waals surface area contributed by atoms with Crippen molar-refractivity contribution in [2.24, 2.45) is 4.99 Å². The molecule has 2 nitrogen and oxygen atoms in total. The van der Waals surface area contributed by atoms with E-state index in [0.29, 0.717) is 6.61 Å². The van der Waals surface area contributed by atoms with Crippen LogP contribution in [-0.4, -0.2) is 11.8 Å². The lowest BCUT2D eigenvalue weighted by Crippen LogP contribution is -1.90. The lowest BCUT2D eigenvalue weighted by atomic mass is 10.1. The summed E-state index contributed by atoms with van der Waals surface area (Å²) in [6, 6.07) is 12.5. The van der Waals surface area contributed by atoms with Crippen molar-refractivity contribution in [2.45, 2.75) is 6.92 Å². The van der Waals surface area contributed by atoms with Crippen LogP contribution in [0.3, 0.4) is 0 Å². The van der Waals surface area contributed by atoms with E-state index in [1.54, 1.807) is 12.1 Å². The van der Waals surface area contributed by atoms with Gasteiger partial charge in [-0.25, -0.2) is 4.39 Å². The zero-order chi connectivity index (χ0) is 15.1. The van der Waals surface area contributed by atoms with Gasteiger partial charge in [0, 0.05) is 0 Å². The molecule has 2 aromatic carbocycles. The average molecular weight is 299 g/mol. The molecule has 0 spiro atoms. The van der Waals surface area contributed by atoms with Crippen molar-refractivity contribution in [3.8, 4) is 5.75 Å².